The highest BCUT2D eigenvalue weighted by Gasteiger charge is 2.19. The third kappa shape index (κ3) is 3.03. The number of fused-ring (bicyclic) bond motifs is 1. The summed E-state index contributed by atoms with van der Waals surface area (Å²) in [6.45, 7) is 2.77. The number of hydrogen-bond acceptors (Lipinski definition) is 5. The summed E-state index contributed by atoms with van der Waals surface area (Å²) in [4.78, 5) is 9.17. The van der Waals surface area contributed by atoms with Gasteiger partial charge in [-0.25, -0.2) is 4.98 Å². The van der Waals surface area contributed by atoms with Gasteiger partial charge in [0.05, 0.1) is 12.8 Å². The van der Waals surface area contributed by atoms with Crippen LogP contribution in [0.25, 0.3) is 0 Å². The highest BCUT2D eigenvalue weighted by Crippen LogP contribution is 2.25. The van der Waals surface area contributed by atoms with Crippen LogP contribution in [0.15, 0.2) is 0 Å². The fraction of sp³-hybridized carbons (Fsp3) is 0.733. The fourth-order valence-corrected chi connectivity index (χ4v) is 3.19. The molecule has 0 amide bonds. The molecule has 2 N–H and O–H groups in total. The minimum Gasteiger partial charge on any atom is -0.481 e. The molecule has 0 unspecified atom stereocenters. The Morgan fingerprint density at radius 3 is 2.90 bits per heavy atom. The molecule has 0 saturated heterocycles. The molecule has 0 bridgehead atoms. The molecule has 110 valence electrons. The maximum Gasteiger partial charge on any atom is 0.226 e. The first-order valence-corrected chi connectivity index (χ1v) is 7.75. The minimum absolute atomic E-state index is 0.716. The van der Waals surface area contributed by atoms with Gasteiger partial charge in [0.1, 0.15) is 0 Å². The largest absolute Gasteiger partial charge is 0.481 e. The number of anilines is 1. The van der Waals surface area contributed by atoms with Crippen LogP contribution in [-0.2, 0) is 13.0 Å². The molecule has 1 saturated carbocycles. The summed E-state index contributed by atoms with van der Waals surface area (Å²) < 4.78 is 5.41. The third-order valence-electron chi connectivity index (χ3n) is 4.36. The molecule has 1 aliphatic carbocycles. The Morgan fingerprint density at radius 2 is 2.10 bits per heavy atom. The van der Waals surface area contributed by atoms with E-state index in [0.29, 0.717) is 5.88 Å². The zero-order valence-electron chi connectivity index (χ0n) is 12.2. The van der Waals surface area contributed by atoms with Crippen LogP contribution >= 0.6 is 0 Å². The van der Waals surface area contributed by atoms with Crippen molar-refractivity contribution in [3.8, 4) is 5.88 Å². The summed E-state index contributed by atoms with van der Waals surface area (Å²) in [5, 5.41) is 6.75. The van der Waals surface area contributed by atoms with Gasteiger partial charge in [0.25, 0.3) is 0 Å². The Labute approximate surface area is 120 Å². The van der Waals surface area contributed by atoms with Gasteiger partial charge < -0.3 is 15.4 Å². The van der Waals surface area contributed by atoms with Crippen LogP contribution in [0.5, 0.6) is 5.88 Å². The van der Waals surface area contributed by atoms with Crippen molar-refractivity contribution in [3.05, 3.63) is 11.3 Å². The number of methoxy groups -OCH3 is 1. The molecule has 0 aromatic carbocycles. The maximum atomic E-state index is 5.41. The van der Waals surface area contributed by atoms with Crippen molar-refractivity contribution in [2.45, 2.75) is 45.1 Å². The molecule has 3 rings (SSSR count). The first-order chi connectivity index (χ1) is 9.86. The van der Waals surface area contributed by atoms with E-state index in [4.69, 9.17) is 4.74 Å². The molecule has 20 heavy (non-hydrogen) atoms. The van der Waals surface area contributed by atoms with Crippen LogP contribution in [0.4, 0.5) is 5.95 Å². The molecule has 0 radical (unpaired) electrons. The van der Waals surface area contributed by atoms with Crippen LogP contribution in [0.1, 0.15) is 43.4 Å². The molecule has 1 aromatic heterocycles. The predicted molar refractivity (Wildman–Crippen MR) is 79.1 cm³/mol. The number of rotatable bonds is 4. The van der Waals surface area contributed by atoms with Gasteiger partial charge >= 0.3 is 0 Å². The van der Waals surface area contributed by atoms with Crippen LogP contribution in [0.2, 0.25) is 0 Å². The Kier molecular flexibility index (Phi) is 4.35. The summed E-state index contributed by atoms with van der Waals surface area (Å²) in [6.07, 6.45) is 7.75. The van der Waals surface area contributed by atoms with Crippen LogP contribution in [0, 0.1) is 5.92 Å². The van der Waals surface area contributed by atoms with E-state index in [1.165, 1.54) is 32.1 Å². The van der Waals surface area contributed by atoms with Crippen molar-refractivity contribution in [3.63, 3.8) is 0 Å². The van der Waals surface area contributed by atoms with Crippen LogP contribution < -0.4 is 15.4 Å². The van der Waals surface area contributed by atoms with Gasteiger partial charge in [-0.2, -0.15) is 4.98 Å². The third-order valence-corrected chi connectivity index (χ3v) is 4.36. The molecule has 5 nitrogen and oxygen atoms in total. The van der Waals surface area contributed by atoms with Crippen LogP contribution in [0.3, 0.4) is 0 Å². The molecule has 0 spiro atoms. The SMILES string of the molecule is COc1nc(NCC2CCCCC2)nc2c1CNCC2. The Hall–Kier alpha value is -1.36. The summed E-state index contributed by atoms with van der Waals surface area (Å²) in [5.41, 5.74) is 2.24. The predicted octanol–water partition coefficient (Wildman–Crippen LogP) is 2.12. The fourth-order valence-electron chi connectivity index (χ4n) is 3.19. The molecule has 5 heteroatoms. The number of aromatic nitrogens is 2. The first kappa shape index (κ1) is 13.6. The van der Waals surface area contributed by atoms with Gasteiger partial charge in [-0.15, -0.1) is 0 Å². The van der Waals surface area contributed by atoms with E-state index in [2.05, 4.69) is 20.6 Å². The lowest BCUT2D eigenvalue weighted by atomic mass is 9.89. The van der Waals surface area contributed by atoms with Crippen molar-refractivity contribution >= 4 is 5.95 Å². The van der Waals surface area contributed by atoms with Gasteiger partial charge in [0.15, 0.2) is 0 Å². The van der Waals surface area contributed by atoms with Gasteiger partial charge in [-0.1, -0.05) is 19.3 Å². The Morgan fingerprint density at radius 1 is 1.25 bits per heavy atom. The van der Waals surface area contributed by atoms with Gasteiger partial charge in [0.2, 0.25) is 11.8 Å². The second kappa shape index (κ2) is 6.39. The Balaban J connectivity index is 1.69. The van der Waals surface area contributed by atoms with E-state index in [1.54, 1.807) is 7.11 Å². The highest BCUT2D eigenvalue weighted by molar-refractivity contribution is 5.39. The number of ether oxygens (including phenoxy) is 1. The quantitative estimate of drug-likeness (QED) is 0.882. The smallest absolute Gasteiger partial charge is 0.226 e. The first-order valence-electron chi connectivity index (χ1n) is 7.75. The summed E-state index contributed by atoms with van der Waals surface area (Å²) in [7, 11) is 1.68. The monoisotopic (exact) mass is 276 g/mol. The summed E-state index contributed by atoms with van der Waals surface area (Å²) in [5.74, 6) is 2.22. The van der Waals surface area contributed by atoms with Gasteiger partial charge in [0, 0.05) is 31.6 Å². The second-order valence-electron chi connectivity index (χ2n) is 5.79. The Bertz CT molecular complexity index is 440. The number of nitrogens with one attached hydrogen (secondary N) is 2. The zero-order chi connectivity index (χ0) is 13.8. The van der Waals surface area contributed by atoms with E-state index in [1.807, 2.05) is 0 Å². The molecule has 0 atom stereocenters. The van der Waals surface area contributed by atoms with Crippen molar-refractivity contribution in [2.75, 3.05) is 25.5 Å². The van der Waals surface area contributed by atoms with E-state index in [9.17, 15) is 0 Å². The maximum absolute atomic E-state index is 5.41. The second-order valence-corrected chi connectivity index (χ2v) is 5.79. The molecule has 1 fully saturated rings. The zero-order valence-corrected chi connectivity index (χ0v) is 12.2. The van der Waals surface area contributed by atoms with Crippen molar-refractivity contribution in [2.24, 2.45) is 5.92 Å². The van der Waals surface area contributed by atoms with Gasteiger partial charge in [-0.3, -0.25) is 0 Å². The standard InChI is InChI=1S/C15H24N4O/c1-20-14-12-10-16-8-7-13(12)18-15(19-14)17-9-11-5-3-2-4-6-11/h11,16H,2-10H2,1H3,(H,17,18,19). The molecule has 2 heterocycles. The lowest BCUT2D eigenvalue weighted by Crippen LogP contribution is -2.26. The van der Waals surface area contributed by atoms with E-state index >= 15 is 0 Å². The van der Waals surface area contributed by atoms with Crippen LogP contribution in [-0.4, -0.2) is 30.2 Å². The van der Waals surface area contributed by atoms with Crippen molar-refractivity contribution in [1.82, 2.24) is 15.3 Å². The molecular formula is C15H24N4O. The number of hydrogen-bond donors (Lipinski definition) is 2. The lowest BCUT2D eigenvalue weighted by Gasteiger charge is -2.23. The van der Waals surface area contributed by atoms with E-state index < -0.39 is 0 Å². The highest BCUT2D eigenvalue weighted by atomic mass is 16.5. The van der Waals surface area contributed by atoms with E-state index in [-0.39, 0.29) is 0 Å². The minimum atomic E-state index is 0.716. The average molecular weight is 276 g/mol. The van der Waals surface area contributed by atoms with Gasteiger partial charge in [-0.05, 0) is 18.8 Å². The lowest BCUT2D eigenvalue weighted by molar-refractivity contribution is 0.371. The number of nitrogens with zero attached hydrogens (tertiary/aromatic N) is 2. The summed E-state index contributed by atoms with van der Waals surface area (Å²) >= 11 is 0. The average Bonchev–Trinajstić information content (AvgIpc) is 2.53. The summed E-state index contributed by atoms with van der Waals surface area (Å²) in [6, 6.07) is 0. The normalized spacial score (nSPS) is 19.4. The molecular weight excluding hydrogens is 252 g/mol. The van der Waals surface area contributed by atoms with E-state index in [0.717, 1.165) is 49.2 Å². The van der Waals surface area contributed by atoms with Crippen molar-refractivity contribution in [1.29, 1.82) is 0 Å². The molecule has 1 aromatic rings. The molecule has 1 aliphatic heterocycles. The topological polar surface area (TPSA) is 59.1 Å². The molecule has 2 aliphatic rings. The van der Waals surface area contributed by atoms with Crippen molar-refractivity contribution < 1.29 is 4.74 Å².